The van der Waals surface area contributed by atoms with Gasteiger partial charge in [-0.15, -0.1) is 0 Å². The summed E-state index contributed by atoms with van der Waals surface area (Å²) in [6.45, 7) is 0. The molecular weight excluding hydrogens is 361 g/mol. The maximum atomic E-state index is 13.6. The van der Waals surface area contributed by atoms with Crippen molar-refractivity contribution in [1.82, 2.24) is 5.43 Å². The van der Waals surface area contributed by atoms with Crippen molar-refractivity contribution >= 4 is 22.6 Å². The molecule has 0 radical (unpaired) electrons. The monoisotopic (exact) mass is 374 g/mol. The number of halogens is 3. The van der Waals surface area contributed by atoms with Crippen molar-refractivity contribution in [1.29, 1.82) is 0 Å². The maximum absolute atomic E-state index is 13.6. The quantitative estimate of drug-likeness (QED) is 0.490. The van der Waals surface area contributed by atoms with Crippen LogP contribution in [0.4, 0.5) is 8.78 Å². The van der Waals surface area contributed by atoms with Gasteiger partial charge in [-0.2, -0.15) is 0 Å². The van der Waals surface area contributed by atoms with Crippen LogP contribution in [0.2, 0.25) is 0 Å². The normalized spacial score (nSPS) is 12.4. The predicted octanol–water partition coefficient (Wildman–Crippen LogP) is 3.32. The third kappa shape index (κ3) is 3.49. The summed E-state index contributed by atoms with van der Waals surface area (Å²) in [5.74, 6) is 3.87. The van der Waals surface area contributed by atoms with Gasteiger partial charge in [-0.3, -0.25) is 11.3 Å². The maximum Gasteiger partial charge on any atom is 0.162 e. The fraction of sp³-hybridized carbons (Fsp3) is 0.143. The second kappa shape index (κ2) is 6.40. The summed E-state index contributed by atoms with van der Waals surface area (Å²) in [6, 6.07) is 11.6. The summed E-state index contributed by atoms with van der Waals surface area (Å²) in [7, 11) is 0. The van der Waals surface area contributed by atoms with Crippen LogP contribution in [0.3, 0.4) is 0 Å². The van der Waals surface area contributed by atoms with Crippen molar-refractivity contribution in [3.8, 4) is 0 Å². The van der Waals surface area contributed by atoms with Crippen LogP contribution >= 0.6 is 22.6 Å². The van der Waals surface area contributed by atoms with E-state index in [0.717, 1.165) is 15.2 Å². The SMILES string of the molecule is NNC(Cc1cccc(F)c1F)c1cccc(I)c1. The lowest BCUT2D eigenvalue weighted by Crippen LogP contribution is -2.30. The molecule has 19 heavy (non-hydrogen) atoms. The highest BCUT2D eigenvalue weighted by Crippen LogP contribution is 2.22. The first-order chi connectivity index (χ1) is 9.11. The average Bonchev–Trinajstić information content (AvgIpc) is 2.40. The molecule has 2 nitrogen and oxygen atoms in total. The minimum absolute atomic E-state index is 0.258. The van der Waals surface area contributed by atoms with Gasteiger partial charge in [0.05, 0.1) is 6.04 Å². The second-order valence-corrected chi connectivity index (χ2v) is 5.44. The molecule has 2 rings (SSSR count). The minimum atomic E-state index is -0.837. The van der Waals surface area contributed by atoms with Crippen molar-refractivity contribution in [3.63, 3.8) is 0 Å². The first-order valence-corrected chi connectivity index (χ1v) is 6.84. The predicted molar refractivity (Wildman–Crippen MR) is 79.3 cm³/mol. The highest BCUT2D eigenvalue weighted by atomic mass is 127. The summed E-state index contributed by atoms with van der Waals surface area (Å²) in [4.78, 5) is 0. The van der Waals surface area contributed by atoms with Gasteiger partial charge in [0.1, 0.15) is 0 Å². The van der Waals surface area contributed by atoms with Crippen LogP contribution in [0, 0.1) is 15.2 Å². The zero-order valence-corrected chi connectivity index (χ0v) is 12.2. The third-order valence-electron chi connectivity index (χ3n) is 2.91. The number of hydrazine groups is 1. The molecule has 0 saturated heterocycles. The molecule has 1 unspecified atom stereocenters. The van der Waals surface area contributed by atoms with Crippen LogP contribution < -0.4 is 11.3 Å². The van der Waals surface area contributed by atoms with Crippen LogP contribution in [0.5, 0.6) is 0 Å². The van der Waals surface area contributed by atoms with Crippen LogP contribution in [0.1, 0.15) is 17.2 Å². The van der Waals surface area contributed by atoms with Crippen molar-refractivity contribution in [2.24, 2.45) is 5.84 Å². The molecule has 0 heterocycles. The summed E-state index contributed by atoms with van der Waals surface area (Å²) < 4.78 is 27.9. The van der Waals surface area contributed by atoms with Crippen molar-refractivity contribution in [3.05, 3.63) is 68.8 Å². The molecule has 0 aromatic heterocycles. The van der Waals surface area contributed by atoms with Gasteiger partial charge in [-0.1, -0.05) is 24.3 Å². The molecule has 2 aromatic rings. The molecule has 1 atom stereocenters. The molecule has 0 aliphatic rings. The summed E-state index contributed by atoms with van der Waals surface area (Å²) in [5, 5.41) is 0. The Bertz CT molecular complexity index is 575. The minimum Gasteiger partial charge on any atom is -0.271 e. The van der Waals surface area contributed by atoms with Gasteiger partial charge < -0.3 is 0 Å². The van der Waals surface area contributed by atoms with Gasteiger partial charge in [0, 0.05) is 3.57 Å². The second-order valence-electron chi connectivity index (χ2n) is 4.19. The van der Waals surface area contributed by atoms with Gasteiger partial charge in [0.15, 0.2) is 11.6 Å². The zero-order valence-electron chi connectivity index (χ0n) is 10.0. The lowest BCUT2D eigenvalue weighted by atomic mass is 9.99. The van der Waals surface area contributed by atoms with E-state index < -0.39 is 11.6 Å². The van der Waals surface area contributed by atoms with Gasteiger partial charge in [-0.25, -0.2) is 8.78 Å². The molecule has 0 aliphatic carbocycles. The van der Waals surface area contributed by atoms with E-state index in [9.17, 15) is 8.78 Å². The Balaban J connectivity index is 2.26. The molecule has 0 amide bonds. The van der Waals surface area contributed by atoms with E-state index in [1.165, 1.54) is 6.07 Å². The molecule has 0 bridgehead atoms. The first-order valence-electron chi connectivity index (χ1n) is 5.76. The average molecular weight is 374 g/mol. The molecule has 100 valence electrons. The first kappa shape index (κ1) is 14.4. The highest BCUT2D eigenvalue weighted by Gasteiger charge is 2.15. The van der Waals surface area contributed by atoms with Crippen LogP contribution in [0.25, 0.3) is 0 Å². The van der Waals surface area contributed by atoms with Crippen molar-refractivity contribution in [2.45, 2.75) is 12.5 Å². The Morgan fingerprint density at radius 3 is 2.58 bits per heavy atom. The summed E-state index contributed by atoms with van der Waals surface area (Å²) >= 11 is 2.20. The fourth-order valence-corrected chi connectivity index (χ4v) is 2.49. The number of benzene rings is 2. The Labute approximate surface area is 124 Å². The summed E-state index contributed by atoms with van der Waals surface area (Å²) in [6.07, 6.45) is 0.292. The van der Waals surface area contributed by atoms with Gasteiger partial charge in [0.25, 0.3) is 0 Å². The van der Waals surface area contributed by atoms with Crippen LogP contribution in [-0.2, 0) is 6.42 Å². The van der Waals surface area contributed by atoms with E-state index in [0.29, 0.717) is 12.0 Å². The van der Waals surface area contributed by atoms with Gasteiger partial charge in [0.2, 0.25) is 0 Å². The largest absolute Gasteiger partial charge is 0.271 e. The van der Waals surface area contributed by atoms with Gasteiger partial charge in [-0.05, 0) is 58.3 Å². The van der Waals surface area contributed by atoms with E-state index in [-0.39, 0.29) is 6.04 Å². The van der Waals surface area contributed by atoms with Crippen molar-refractivity contribution in [2.75, 3.05) is 0 Å². The molecule has 2 aromatic carbocycles. The fourth-order valence-electron chi connectivity index (χ4n) is 1.92. The molecule has 3 N–H and O–H groups in total. The Morgan fingerprint density at radius 1 is 1.16 bits per heavy atom. The van der Waals surface area contributed by atoms with E-state index in [4.69, 9.17) is 5.84 Å². The number of hydrogen-bond acceptors (Lipinski definition) is 2. The molecule has 0 saturated carbocycles. The Morgan fingerprint density at radius 2 is 1.89 bits per heavy atom. The highest BCUT2D eigenvalue weighted by molar-refractivity contribution is 14.1. The zero-order chi connectivity index (χ0) is 13.8. The van der Waals surface area contributed by atoms with Crippen molar-refractivity contribution < 1.29 is 8.78 Å². The molecular formula is C14H13F2IN2. The Hall–Kier alpha value is -1.05. The molecule has 0 spiro atoms. The molecule has 5 heteroatoms. The number of nitrogens with one attached hydrogen (secondary N) is 1. The van der Waals surface area contributed by atoms with Crippen LogP contribution in [-0.4, -0.2) is 0 Å². The van der Waals surface area contributed by atoms with E-state index in [1.807, 2.05) is 24.3 Å². The van der Waals surface area contributed by atoms with E-state index >= 15 is 0 Å². The lowest BCUT2D eigenvalue weighted by molar-refractivity contribution is 0.481. The number of hydrogen-bond donors (Lipinski definition) is 2. The molecule has 0 fully saturated rings. The lowest BCUT2D eigenvalue weighted by Gasteiger charge is -2.17. The van der Waals surface area contributed by atoms with Crippen LogP contribution in [0.15, 0.2) is 42.5 Å². The standard InChI is InChI=1S/C14H13F2IN2/c15-12-6-2-4-10(14(12)16)8-13(19-18)9-3-1-5-11(17)7-9/h1-7,13,19H,8,18H2. The number of rotatable bonds is 4. The third-order valence-corrected chi connectivity index (χ3v) is 3.58. The van der Waals surface area contributed by atoms with Gasteiger partial charge >= 0.3 is 0 Å². The smallest absolute Gasteiger partial charge is 0.162 e. The number of nitrogens with two attached hydrogens (primary N) is 1. The van der Waals surface area contributed by atoms with E-state index in [1.54, 1.807) is 6.07 Å². The topological polar surface area (TPSA) is 38.0 Å². The van der Waals surface area contributed by atoms with E-state index in [2.05, 4.69) is 28.0 Å². The molecule has 0 aliphatic heterocycles. The Kier molecular flexibility index (Phi) is 4.84. The summed E-state index contributed by atoms with van der Waals surface area (Å²) in [5.41, 5.74) is 3.90.